The summed E-state index contributed by atoms with van der Waals surface area (Å²) in [4.78, 5) is 18.5. The molecule has 1 aliphatic heterocycles. The first-order valence-corrected chi connectivity index (χ1v) is 10.2. The summed E-state index contributed by atoms with van der Waals surface area (Å²) in [5.74, 6) is -0.388. The lowest BCUT2D eigenvalue weighted by molar-refractivity contribution is -0.149. The number of allylic oxidation sites excluding steroid dienone is 1. The van der Waals surface area contributed by atoms with Crippen LogP contribution in [-0.2, 0) is 9.53 Å². The molecule has 2 aromatic rings. The number of hydrogen-bond acceptors (Lipinski definition) is 7. The minimum Gasteiger partial charge on any atom is -0.509 e. The van der Waals surface area contributed by atoms with Gasteiger partial charge in [0.2, 0.25) is 0 Å². The monoisotopic (exact) mass is 397 g/mol. The molecule has 7 heteroatoms. The highest BCUT2D eigenvalue weighted by Gasteiger charge is 2.28. The molecule has 1 aromatic heterocycles. The van der Waals surface area contributed by atoms with E-state index in [1.165, 1.54) is 11.3 Å². The second-order valence-electron chi connectivity index (χ2n) is 6.66. The van der Waals surface area contributed by atoms with E-state index in [-0.39, 0.29) is 29.8 Å². The number of aromatic nitrogens is 1. The summed E-state index contributed by atoms with van der Waals surface area (Å²) in [6.45, 7) is 3.68. The molecule has 1 aliphatic rings. The van der Waals surface area contributed by atoms with Gasteiger partial charge < -0.3 is 9.84 Å². The van der Waals surface area contributed by atoms with Gasteiger partial charge in [-0.05, 0) is 26.3 Å². The summed E-state index contributed by atoms with van der Waals surface area (Å²) in [5, 5.41) is 22.5. The summed E-state index contributed by atoms with van der Waals surface area (Å²) < 4.78 is 5.12. The summed E-state index contributed by atoms with van der Waals surface area (Å²) >= 11 is 1.34. The van der Waals surface area contributed by atoms with Gasteiger partial charge in [0.15, 0.2) is 0 Å². The predicted molar refractivity (Wildman–Crippen MR) is 109 cm³/mol. The van der Waals surface area contributed by atoms with Crippen LogP contribution >= 0.6 is 11.3 Å². The number of esters is 1. The summed E-state index contributed by atoms with van der Waals surface area (Å²) in [5.41, 5.74) is 1.93. The van der Waals surface area contributed by atoms with Crippen LogP contribution in [0.2, 0.25) is 0 Å². The van der Waals surface area contributed by atoms with Crippen molar-refractivity contribution < 1.29 is 14.6 Å². The molecular weight excluding hydrogens is 374 g/mol. The normalized spacial score (nSPS) is 18.2. The number of nitriles is 1. The molecule has 0 radical (unpaired) electrons. The third-order valence-corrected chi connectivity index (χ3v) is 5.55. The third-order valence-electron chi connectivity index (χ3n) is 4.69. The van der Waals surface area contributed by atoms with Gasteiger partial charge in [0, 0.05) is 17.5 Å². The Hall–Kier alpha value is -2.69. The van der Waals surface area contributed by atoms with E-state index in [1.807, 2.05) is 40.6 Å². The van der Waals surface area contributed by atoms with Crippen LogP contribution < -0.4 is 0 Å². The Morgan fingerprint density at radius 3 is 2.93 bits per heavy atom. The summed E-state index contributed by atoms with van der Waals surface area (Å²) in [6.07, 6.45) is 1.64. The van der Waals surface area contributed by atoms with Gasteiger partial charge in [0.25, 0.3) is 0 Å². The summed E-state index contributed by atoms with van der Waals surface area (Å²) in [7, 11) is 0. The van der Waals surface area contributed by atoms with Crippen molar-refractivity contribution in [3.8, 4) is 17.3 Å². The minimum atomic E-state index is -0.191. The Labute approximate surface area is 168 Å². The fourth-order valence-electron chi connectivity index (χ4n) is 3.31. The molecule has 146 valence electrons. The highest BCUT2D eigenvalue weighted by molar-refractivity contribution is 7.11. The third kappa shape index (κ3) is 4.77. The average Bonchev–Trinajstić information content (AvgIpc) is 3.19. The molecule has 28 heavy (non-hydrogen) atoms. The standard InChI is InChI=1S/C21H23N3O3S/c1-2-27-21(26)16-9-6-10-24(12-16)13-19(25)17(11-22)20-23-18(14-28-20)15-7-4-3-5-8-15/h3-5,7-8,14,16,25H,2,6,9-10,12-13H2,1H3/b19-17-/t16-/m0/s1. The van der Waals surface area contributed by atoms with Crippen LogP contribution in [0.1, 0.15) is 24.8 Å². The molecule has 0 bridgehead atoms. The van der Waals surface area contributed by atoms with Crippen LogP contribution in [0, 0.1) is 17.2 Å². The van der Waals surface area contributed by atoms with Crippen LogP contribution in [0.3, 0.4) is 0 Å². The molecule has 1 fully saturated rings. The number of carbonyl (C=O) groups is 1. The number of benzene rings is 1. The van der Waals surface area contributed by atoms with E-state index < -0.39 is 0 Å². The number of piperidine rings is 1. The Morgan fingerprint density at radius 1 is 1.43 bits per heavy atom. The lowest BCUT2D eigenvalue weighted by atomic mass is 9.98. The Morgan fingerprint density at radius 2 is 2.21 bits per heavy atom. The van der Waals surface area contributed by atoms with Crippen LogP contribution in [-0.4, -0.2) is 47.2 Å². The first-order chi connectivity index (χ1) is 13.6. The van der Waals surface area contributed by atoms with E-state index >= 15 is 0 Å². The lowest BCUT2D eigenvalue weighted by Gasteiger charge is -2.31. The van der Waals surface area contributed by atoms with E-state index in [4.69, 9.17) is 4.74 Å². The zero-order valence-corrected chi connectivity index (χ0v) is 16.6. The number of nitrogens with zero attached hydrogens (tertiary/aromatic N) is 3. The van der Waals surface area contributed by atoms with Crippen molar-refractivity contribution in [1.82, 2.24) is 9.88 Å². The second-order valence-corrected chi connectivity index (χ2v) is 7.52. The van der Waals surface area contributed by atoms with Crippen LogP contribution in [0.25, 0.3) is 16.8 Å². The highest BCUT2D eigenvalue weighted by Crippen LogP contribution is 2.28. The minimum absolute atomic E-state index is 0.0130. The molecule has 0 amide bonds. The van der Waals surface area contributed by atoms with E-state index in [9.17, 15) is 15.2 Å². The first-order valence-electron chi connectivity index (χ1n) is 9.35. The van der Waals surface area contributed by atoms with E-state index in [0.717, 1.165) is 30.6 Å². The maximum atomic E-state index is 12.0. The van der Waals surface area contributed by atoms with Crippen molar-refractivity contribution in [2.75, 3.05) is 26.2 Å². The van der Waals surface area contributed by atoms with Crippen LogP contribution in [0.15, 0.2) is 41.5 Å². The largest absolute Gasteiger partial charge is 0.509 e. The van der Waals surface area contributed by atoms with Crippen molar-refractivity contribution in [1.29, 1.82) is 5.26 Å². The molecule has 3 rings (SSSR count). The Bertz CT molecular complexity index is 886. The molecule has 1 N–H and O–H groups in total. The highest BCUT2D eigenvalue weighted by atomic mass is 32.1. The molecule has 0 unspecified atom stereocenters. The van der Waals surface area contributed by atoms with E-state index in [2.05, 4.69) is 11.1 Å². The zero-order valence-electron chi connectivity index (χ0n) is 15.8. The molecule has 2 heterocycles. The molecular formula is C21H23N3O3S. The average molecular weight is 398 g/mol. The van der Waals surface area contributed by atoms with Gasteiger partial charge in [-0.1, -0.05) is 30.3 Å². The number of likely N-dealkylation sites (tertiary alicyclic amines) is 1. The fraction of sp³-hybridized carbons (Fsp3) is 0.381. The Balaban J connectivity index is 1.73. The van der Waals surface area contributed by atoms with Crippen LogP contribution in [0.4, 0.5) is 0 Å². The molecule has 1 atom stereocenters. The zero-order chi connectivity index (χ0) is 19.9. The maximum Gasteiger partial charge on any atom is 0.310 e. The van der Waals surface area contributed by atoms with Crippen LogP contribution in [0.5, 0.6) is 0 Å². The number of rotatable bonds is 6. The Kier molecular flexibility index (Phi) is 6.80. The molecule has 1 aromatic carbocycles. The van der Waals surface area contributed by atoms with Crippen molar-refractivity contribution in [2.45, 2.75) is 19.8 Å². The predicted octanol–water partition coefficient (Wildman–Crippen LogP) is 3.88. The van der Waals surface area contributed by atoms with Crippen molar-refractivity contribution in [2.24, 2.45) is 5.92 Å². The molecule has 1 saturated heterocycles. The number of aliphatic hydroxyl groups is 1. The van der Waals surface area contributed by atoms with Gasteiger partial charge in [-0.3, -0.25) is 9.69 Å². The topological polar surface area (TPSA) is 86.5 Å². The summed E-state index contributed by atoms with van der Waals surface area (Å²) in [6, 6.07) is 11.8. The lowest BCUT2D eigenvalue weighted by Crippen LogP contribution is -2.40. The van der Waals surface area contributed by atoms with Gasteiger partial charge in [-0.15, -0.1) is 11.3 Å². The van der Waals surface area contributed by atoms with Crippen molar-refractivity contribution in [3.05, 3.63) is 46.5 Å². The SMILES string of the molecule is CCOC(=O)[C@H]1CCCN(C/C(O)=C(\C#N)c2nc(-c3ccccc3)cs2)C1. The molecule has 6 nitrogen and oxygen atoms in total. The number of hydrogen-bond donors (Lipinski definition) is 1. The van der Waals surface area contributed by atoms with E-state index in [1.54, 1.807) is 6.92 Å². The van der Waals surface area contributed by atoms with Crippen molar-refractivity contribution >= 4 is 22.9 Å². The van der Waals surface area contributed by atoms with Gasteiger partial charge in [0.1, 0.15) is 22.4 Å². The number of thiazole rings is 1. The van der Waals surface area contributed by atoms with Gasteiger partial charge >= 0.3 is 5.97 Å². The second kappa shape index (κ2) is 9.49. The maximum absolute atomic E-state index is 12.0. The van der Waals surface area contributed by atoms with Gasteiger partial charge in [0.05, 0.1) is 24.8 Å². The number of aliphatic hydroxyl groups excluding tert-OH is 1. The molecule has 0 aliphatic carbocycles. The number of ether oxygens (including phenoxy) is 1. The smallest absolute Gasteiger partial charge is 0.310 e. The molecule has 0 saturated carbocycles. The molecule has 0 spiro atoms. The van der Waals surface area contributed by atoms with Gasteiger partial charge in [-0.25, -0.2) is 4.98 Å². The van der Waals surface area contributed by atoms with E-state index in [0.29, 0.717) is 18.2 Å². The quantitative estimate of drug-likeness (QED) is 0.452. The number of carbonyl (C=O) groups excluding carboxylic acids is 1. The van der Waals surface area contributed by atoms with Gasteiger partial charge in [-0.2, -0.15) is 5.26 Å². The fourth-order valence-corrected chi connectivity index (χ4v) is 4.15. The first kappa shape index (κ1) is 20.1. The van der Waals surface area contributed by atoms with Crippen molar-refractivity contribution in [3.63, 3.8) is 0 Å².